The Morgan fingerprint density at radius 3 is 2.48 bits per heavy atom. The van der Waals surface area contributed by atoms with E-state index in [1.54, 1.807) is 38.5 Å². The first-order valence-corrected chi connectivity index (χ1v) is 8.29. The van der Waals surface area contributed by atoms with E-state index in [0.29, 0.717) is 27.1 Å². The number of nitrogens with two attached hydrogens (primary N) is 1. The van der Waals surface area contributed by atoms with Gasteiger partial charge in [-0.05, 0) is 12.1 Å². The molecule has 1 heterocycles. The van der Waals surface area contributed by atoms with Crippen molar-refractivity contribution in [3.63, 3.8) is 0 Å². The first-order valence-electron chi connectivity index (χ1n) is 7.47. The van der Waals surface area contributed by atoms with E-state index in [1.807, 2.05) is 24.3 Å². The van der Waals surface area contributed by atoms with Gasteiger partial charge in [-0.25, -0.2) is 4.98 Å². The second-order valence-electron chi connectivity index (χ2n) is 5.12. The van der Waals surface area contributed by atoms with E-state index in [1.165, 1.54) is 11.3 Å². The van der Waals surface area contributed by atoms with Gasteiger partial charge in [0.25, 0.3) is 0 Å². The van der Waals surface area contributed by atoms with Crippen LogP contribution in [0.5, 0.6) is 11.5 Å². The topological polar surface area (TPSA) is 86.5 Å². The molecule has 0 saturated heterocycles. The fourth-order valence-corrected chi connectivity index (χ4v) is 3.17. The van der Waals surface area contributed by atoms with E-state index >= 15 is 0 Å². The third-order valence-corrected chi connectivity index (χ3v) is 4.52. The Labute approximate surface area is 149 Å². The quantitative estimate of drug-likeness (QED) is 0.656. The Bertz CT molecular complexity index is 894. The van der Waals surface area contributed by atoms with Crippen LogP contribution in [0.3, 0.4) is 0 Å². The molecule has 0 bridgehead atoms. The molecule has 1 aromatic heterocycles. The van der Waals surface area contributed by atoms with E-state index in [-0.39, 0.29) is 11.6 Å². The summed E-state index contributed by atoms with van der Waals surface area (Å²) in [6, 6.07) is 14.4. The highest BCUT2D eigenvalue weighted by Crippen LogP contribution is 2.33. The van der Waals surface area contributed by atoms with Crippen LogP contribution in [0, 0.1) is 0 Å². The summed E-state index contributed by atoms with van der Waals surface area (Å²) in [6.45, 7) is 0. The minimum Gasteiger partial charge on any atom is -0.493 e. The summed E-state index contributed by atoms with van der Waals surface area (Å²) >= 11 is 1.21. The molecule has 0 unspecified atom stereocenters. The Morgan fingerprint density at radius 1 is 1.08 bits per heavy atom. The smallest absolute Gasteiger partial charge is 0.206 e. The second kappa shape index (κ2) is 7.23. The average molecular weight is 355 g/mol. The van der Waals surface area contributed by atoms with E-state index in [4.69, 9.17) is 15.2 Å². The van der Waals surface area contributed by atoms with E-state index in [2.05, 4.69) is 10.3 Å². The van der Waals surface area contributed by atoms with Crippen LogP contribution in [-0.4, -0.2) is 25.0 Å². The Kier molecular flexibility index (Phi) is 4.85. The number of thiazole rings is 1. The summed E-state index contributed by atoms with van der Waals surface area (Å²) in [5.74, 6) is 1.29. The summed E-state index contributed by atoms with van der Waals surface area (Å²) in [6.07, 6.45) is 0. The van der Waals surface area contributed by atoms with Crippen LogP contribution >= 0.6 is 11.3 Å². The lowest BCUT2D eigenvalue weighted by Gasteiger charge is -2.09. The molecule has 25 heavy (non-hydrogen) atoms. The summed E-state index contributed by atoms with van der Waals surface area (Å²) < 4.78 is 10.5. The Morgan fingerprint density at radius 2 is 1.80 bits per heavy atom. The first kappa shape index (κ1) is 16.8. The van der Waals surface area contributed by atoms with Crippen LogP contribution in [0.15, 0.2) is 48.5 Å². The van der Waals surface area contributed by atoms with Crippen molar-refractivity contribution in [3.8, 4) is 11.5 Å². The lowest BCUT2D eigenvalue weighted by Crippen LogP contribution is -2.02. The molecule has 0 aliphatic rings. The molecule has 0 aliphatic carbocycles. The summed E-state index contributed by atoms with van der Waals surface area (Å²) in [5, 5.41) is 3.67. The highest BCUT2D eigenvalue weighted by atomic mass is 32.1. The summed E-state index contributed by atoms with van der Waals surface area (Å²) in [5.41, 5.74) is 7.26. The number of nitrogens with zero attached hydrogens (tertiary/aromatic N) is 1. The molecule has 0 saturated carbocycles. The molecular weight excluding hydrogens is 338 g/mol. The number of ether oxygens (including phenoxy) is 2. The van der Waals surface area contributed by atoms with Gasteiger partial charge < -0.3 is 20.5 Å². The molecular formula is C18H17N3O3S. The maximum Gasteiger partial charge on any atom is 0.206 e. The SMILES string of the molecule is COc1ccc(Nc2nc(N)c(C(=O)c3ccccc3)s2)cc1OC. The fourth-order valence-electron chi connectivity index (χ4n) is 2.31. The van der Waals surface area contributed by atoms with Gasteiger partial charge in [-0.3, -0.25) is 4.79 Å². The number of nitrogen functional groups attached to an aromatic ring is 1. The number of benzene rings is 2. The molecule has 0 fully saturated rings. The van der Waals surface area contributed by atoms with E-state index < -0.39 is 0 Å². The van der Waals surface area contributed by atoms with Gasteiger partial charge in [-0.2, -0.15) is 0 Å². The van der Waals surface area contributed by atoms with Gasteiger partial charge in [0.15, 0.2) is 16.6 Å². The molecule has 7 heteroatoms. The van der Waals surface area contributed by atoms with Crippen molar-refractivity contribution in [2.75, 3.05) is 25.3 Å². The highest BCUT2D eigenvalue weighted by Gasteiger charge is 2.18. The average Bonchev–Trinajstić information content (AvgIpc) is 3.01. The maximum atomic E-state index is 12.5. The number of hydrogen-bond donors (Lipinski definition) is 2. The van der Waals surface area contributed by atoms with Crippen LogP contribution in [0.1, 0.15) is 15.2 Å². The number of anilines is 3. The third kappa shape index (κ3) is 3.56. The first-order chi connectivity index (χ1) is 12.1. The number of rotatable bonds is 6. The Balaban J connectivity index is 1.85. The molecule has 0 aliphatic heterocycles. The number of ketones is 1. The number of methoxy groups -OCH3 is 2. The van der Waals surface area contributed by atoms with Gasteiger partial charge >= 0.3 is 0 Å². The van der Waals surface area contributed by atoms with Gasteiger partial charge in [0, 0.05) is 17.3 Å². The molecule has 128 valence electrons. The zero-order chi connectivity index (χ0) is 17.8. The van der Waals surface area contributed by atoms with Gasteiger partial charge in [0.05, 0.1) is 14.2 Å². The monoisotopic (exact) mass is 355 g/mol. The molecule has 3 rings (SSSR count). The van der Waals surface area contributed by atoms with Crippen LogP contribution in [0.4, 0.5) is 16.6 Å². The van der Waals surface area contributed by atoms with Gasteiger partial charge in [0.1, 0.15) is 10.7 Å². The maximum absolute atomic E-state index is 12.5. The zero-order valence-corrected chi connectivity index (χ0v) is 14.6. The normalized spacial score (nSPS) is 10.3. The van der Waals surface area contributed by atoms with E-state index in [9.17, 15) is 4.79 Å². The molecule has 3 N–H and O–H groups in total. The van der Waals surface area contributed by atoms with Crippen molar-refractivity contribution in [2.45, 2.75) is 0 Å². The van der Waals surface area contributed by atoms with Gasteiger partial charge in [0.2, 0.25) is 5.78 Å². The van der Waals surface area contributed by atoms with Crippen LogP contribution < -0.4 is 20.5 Å². The van der Waals surface area contributed by atoms with Crippen molar-refractivity contribution in [3.05, 3.63) is 59.0 Å². The van der Waals surface area contributed by atoms with E-state index in [0.717, 1.165) is 5.69 Å². The minimum absolute atomic E-state index is 0.143. The predicted molar refractivity (Wildman–Crippen MR) is 99.2 cm³/mol. The number of nitrogens with one attached hydrogen (secondary N) is 1. The number of aromatic nitrogens is 1. The van der Waals surface area contributed by atoms with Crippen molar-refractivity contribution in [1.82, 2.24) is 4.98 Å². The molecule has 0 atom stereocenters. The predicted octanol–water partition coefficient (Wildman–Crippen LogP) is 3.72. The summed E-state index contributed by atoms with van der Waals surface area (Å²) in [7, 11) is 3.15. The number of carbonyl (C=O) groups is 1. The third-order valence-electron chi connectivity index (χ3n) is 3.53. The van der Waals surface area contributed by atoms with Crippen LogP contribution in [-0.2, 0) is 0 Å². The van der Waals surface area contributed by atoms with Gasteiger partial charge in [-0.15, -0.1) is 0 Å². The largest absolute Gasteiger partial charge is 0.493 e. The molecule has 2 aromatic carbocycles. The second-order valence-corrected chi connectivity index (χ2v) is 6.12. The van der Waals surface area contributed by atoms with Crippen LogP contribution in [0.25, 0.3) is 0 Å². The Hall–Kier alpha value is -3.06. The molecule has 3 aromatic rings. The number of hydrogen-bond acceptors (Lipinski definition) is 7. The molecule has 0 radical (unpaired) electrons. The molecule has 0 amide bonds. The lowest BCUT2D eigenvalue weighted by atomic mass is 10.1. The van der Waals surface area contributed by atoms with Gasteiger partial charge in [-0.1, -0.05) is 41.7 Å². The van der Waals surface area contributed by atoms with Crippen LogP contribution in [0.2, 0.25) is 0 Å². The summed E-state index contributed by atoms with van der Waals surface area (Å²) in [4.78, 5) is 17.2. The molecule has 6 nitrogen and oxygen atoms in total. The van der Waals surface area contributed by atoms with Crippen molar-refractivity contribution < 1.29 is 14.3 Å². The van der Waals surface area contributed by atoms with Crippen molar-refractivity contribution in [1.29, 1.82) is 0 Å². The molecule has 0 spiro atoms. The number of carbonyl (C=O) groups excluding carboxylic acids is 1. The standard InChI is InChI=1S/C18H17N3O3S/c1-23-13-9-8-12(10-14(13)24-2)20-18-21-17(19)16(25-18)15(22)11-6-4-3-5-7-11/h3-10H,19H2,1-2H3,(H,20,21). The highest BCUT2D eigenvalue weighted by molar-refractivity contribution is 7.18. The van der Waals surface area contributed by atoms with Crippen molar-refractivity contribution >= 4 is 33.8 Å². The minimum atomic E-state index is -0.143. The lowest BCUT2D eigenvalue weighted by molar-refractivity contribution is 0.104. The zero-order valence-electron chi connectivity index (χ0n) is 13.8. The fraction of sp³-hybridized carbons (Fsp3) is 0.111. The van der Waals surface area contributed by atoms with Crippen molar-refractivity contribution in [2.24, 2.45) is 0 Å².